The molecule has 0 amide bonds. The standard InChI is InChI=1S/C11H12N2O2/c14-12-10-6-2-1-3-5-4(2)8(10)9(5)11(13-15)7(3)6/h2-9,14-15H,1H2/t2-,3+,4+,5-,6+,7-,8-,9-/m0/s1. The van der Waals surface area contributed by atoms with Crippen LogP contribution in [-0.2, 0) is 0 Å². The van der Waals surface area contributed by atoms with Crippen molar-refractivity contribution in [2.45, 2.75) is 6.42 Å². The smallest absolute Gasteiger partial charge is 0.0651 e. The molecule has 0 radical (unpaired) electrons. The summed E-state index contributed by atoms with van der Waals surface area (Å²) in [5.74, 6) is 4.76. The lowest BCUT2D eigenvalue weighted by Gasteiger charge is -2.44. The van der Waals surface area contributed by atoms with E-state index in [-0.39, 0.29) is 0 Å². The lowest BCUT2D eigenvalue weighted by molar-refractivity contribution is 0.0644. The Morgan fingerprint density at radius 1 is 0.800 bits per heavy atom. The summed E-state index contributed by atoms with van der Waals surface area (Å²) in [5, 5.41) is 25.4. The van der Waals surface area contributed by atoms with Gasteiger partial charge in [0.1, 0.15) is 0 Å². The third kappa shape index (κ3) is 0.446. The first-order valence-electron chi connectivity index (χ1n) is 5.82. The van der Waals surface area contributed by atoms with Gasteiger partial charge >= 0.3 is 0 Å². The Morgan fingerprint density at radius 3 is 1.67 bits per heavy atom. The van der Waals surface area contributed by atoms with Crippen molar-refractivity contribution in [1.82, 2.24) is 0 Å². The fraction of sp³-hybridized carbons (Fsp3) is 0.818. The van der Waals surface area contributed by atoms with Gasteiger partial charge in [-0.2, -0.15) is 0 Å². The fourth-order valence-corrected chi connectivity index (χ4v) is 6.13. The maximum atomic E-state index is 9.13. The van der Waals surface area contributed by atoms with Crippen LogP contribution in [-0.4, -0.2) is 21.8 Å². The zero-order valence-corrected chi connectivity index (χ0v) is 8.11. The molecule has 0 aliphatic heterocycles. The van der Waals surface area contributed by atoms with Crippen molar-refractivity contribution >= 4 is 11.4 Å². The van der Waals surface area contributed by atoms with Gasteiger partial charge in [0, 0.05) is 23.7 Å². The summed E-state index contributed by atoms with van der Waals surface area (Å²) in [6, 6.07) is 0. The average Bonchev–Trinajstić information content (AvgIpc) is 2.73. The van der Waals surface area contributed by atoms with Gasteiger partial charge in [0.15, 0.2) is 0 Å². The van der Waals surface area contributed by atoms with Crippen molar-refractivity contribution in [3.63, 3.8) is 0 Å². The van der Waals surface area contributed by atoms with E-state index >= 15 is 0 Å². The number of hydrogen-bond acceptors (Lipinski definition) is 4. The molecule has 0 spiro atoms. The minimum absolute atomic E-state index is 0.427. The summed E-state index contributed by atoms with van der Waals surface area (Å²) in [6.07, 6.45) is 1.29. The number of nitrogens with zero attached hydrogens (tertiary/aromatic N) is 2. The predicted octanol–water partition coefficient (Wildman–Crippen LogP) is 1.03. The summed E-state index contributed by atoms with van der Waals surface area (Å²) in [4.78, 5) is 0. The van der Waals surface area contributed by atoms with Gasteiger partial charge in [-0.3, -0.25) is 0 Å². The second kappa shape index (κ2) is 1.81. The van der Waals surface area contributed by atoms with Crippen molar-refractivity contribution in [2.24, 2.45) is 57.7 Å². The van der Waals surface area contributed by atoms with Crippen LogP contribution < -0.4 is 0 Å². The quantitative estimate of drug-likeness (QED) is 0.457. The molecular weight excluding hydrogens is 192 g/mol. The van der Waals surface area contributed by atoms with Crippen LogP contribution in [0, 0.1) is 47.3 Å². The molecule has 0 heterocycles. The molecule has 4 heteroatoms. The second-order valence-electron chi connectivity index (χ2n) is 5.87. The number of oxime groups is 2. The molecule has 5 fully saturated rings. The molecule has 8 atom stereocenters. The van der Waals surface area contributed by atoms with Gasteiger partial charge in [-0.25, -0.2) is 0 Å². The van der Waals surface area contributed by atoms with E-state index in [1.54, 1.807) is 0 Å². The molecule has 5 aliphatic carbocycles. The highest BCUT2D eigenvalue weighted by atomic mass is 16.4. The minimum Gasteiger partial charge on any atom is -0.411 e. The van der Waals surface area contributed by atoms with Gasteiger partial charge in [0.25, 0.3) is 0 Å². The Kier molecular flexibility index (Phi) is 0.874. The number of hydrogen-bond donors (Lipinski definition) is 2. The van der Waals surface area contributed by atoms with E-state index < -0.39 is 0 Å². The Bertz CT molecular complexity index is 400. The summed E-state index contributed by atoms with van der Waals surface area (Å²) < 4.78 is 0. The van der Waals surface area contributed by atoms with E-state index in [2.05, 4.69) is 10.3 Å². The summed E-state index contributed by atoms with van der Waals surface area (Å²) in [7, 11) is 0. The fourth-order valence-electron chi connectivity index (χ4n) is 6.13. The first kappa shape index (κ1) is 7.25. The van der Waals surface area contributed by atoms with Gasteiger partial charge in [0.2, 0.25) is 0 Å². The molecule has 4 nitrogen and oxygen atoms in total. The van der Waals surface area contributed by atoms with Crippen LogP contribution in [0.25, 0.3) is 0 Å². The summed E-state index contributed by atoms with van der Waals surface area (Å²) in [5.41, 5.74) is 2.09. The highest BCUT2D eigenvalue weighted by molar-refractivity contribution is 6.10. The molecule has 15 heavy (non-hydrogen) atoms. The van der Waals surface area contributed by atoms with E-state index in [1.165, 1.54) is 6.42 Å². The maximum absolute atomic E-state index is 9.13. The van der Waals surface area contributed by atoms with E-state index in [4.69, 9.17) is 10.4 Å². The molecule has 2 N–H and O–H groups in total. The zero-order chi connectivity index (χ0) is 9.89. The number of rotatable bonds is 0. The Balaban J connectivity index is 1.83. The molecule has 0 aromatic carbocycles. The van der Waals surface area contributed by atoms with Gasteiger partial charge in [-0.1, -0.05) is 10.3 Å². The Labute approximate surface area is 86.6 Å². The van der Waals surface area contributed by atoms with Crippen LogP contribution in [0.4, 0.5) is 0 Å². The Morgan fingerprint density at radius 2 is 1.27 bits per heavy atom. The van der Waals surface area contributed by atoms with Crippen LogP contribution in [0.15, 0.2) is 10.3 Å². The SMILES string of the molecule is ON=C1[C@@H]2[C@H]3C[C@H]4[C@@H]2C(=NO)[C@@H]2[C@@H]1[C@H]3[C@H]42. The van der Waals surface area contributed by atoms with E-state index in [0.717, 1.165) is 35.1 Å². The summed E-state index contributed by atoms with van der Waals surface area (Å²) in [6.45, 7) is 0. The topological polar surface area (TPSA) is 65.2 Å². The van der Waals surface area contributed by atoms with Gasteiger partial charge in [-0.05, 0) is 30.1 Å². The molecule has 0 saturated heterocycles. The van der Waals surface area contributed by atoms with Crippen molar-refractivity contribution in [2.75, 3.05) is 0 Å². The van der Waals surface area contributed by atoms with Crippen LogP contribution in [0.3, 0.4) is 0 Å². The van der Waals surface area contributed by atoms with Crippen molar-refractivity contribution < 1.29 is 10.4 Å². The first-order valence-corrected chi connectivity index (χ1v) is 5.82. The van der Waals surface area contributed by atoms with E-state index in [0.29, 0.717) is 23.7 Å². The maximum Gasteiger partial charge on any atom is 0.0651 e. The highest BCUT2D eigenvalue weighted by Crippen LogP contribution is 2.80. The van der Waals surface area contributed by atoms with Crippen molar-refractivity contribution in [3.05, 3.63) is 0 Å². The van der Waals surface area contributed by atoms with Gasteiger partial charge < -0.3 is 10.4 Å². The van der Waals surface area contributed by atoms with Crippen LogP contribution >= 0.6 is 0 Å². The first-order chi connectivity index (χ1) is 7.38. The van der Waals surface area contributed by atoms with Crippen LogP contribution in [0.1, 0.15) is 6.42 Å². The van der Waals surface area contributed by atoms with Crippen LogP contribution in [0.2, 0.25) is 0 Å². The lowest BCUT2D eigenvalue weighted by atomic mass is 9.59. The highest BCUT2D eigenvalue weighted by Gasteiger charge is 2.82. The molecule has 2 bridgehead atoms. The van der Waals surface area contributed by atoms with Crippen molar-refractivity contribution in [1.29, 1.82) is 0 Å². The Hall–Kier alpha value is -1.06. The molecule has 0 aromatic heterocycles. The average molecular weight is 204 g/mol. The minimum atomic E-state index is 0.427. The predicted molar refractivity (Wildman–Crippen MR) is 51.0 cm³/mol. The monoisotopic (exact) mass is 204 g/mol. The normalized spacial score (nSPS) is 71.2. The third-order valence-corrected chi connectivity index (χ3v) is 6.10. The molecule has 0 aromatic rings. The molecule has 0 unspecified atom stereocenters. The second-order valence-corrected chi connectivity index (χ2v) is 5.87. The molecular formula is C11H12N2O2. The molecule has 5 rings (SSSR count). The lowest BCUT2D eigenvalue weighted by Crippen LogP contribution is -2.48. The van der Waals surface area contributed by atoms with Crippen LogP contribution in [0.5, 0.6) is 0 Å². The largest absolute Gasteiger partial charge is 0.411 e. The van der Waals surface area contributed by atoms with Gasteiger partial charge in [0.05, 0.1) is 11.4 Å². The molecule has 5 saturated carbocycles. The molecule has 5 aliphatic rings. The third-order valence-electron chi connectivity index (χ3n) is 6.10. The van der Waals surface area contributed by atoms with E-state index in [1.807, 2.05) is 0 Å². The van der Waals surface area contributed by atoms with Crippen molar-refractivity contribution in [3.8, 4) is 0 Å². The summed E-state index contributed by atoms with van der Waals surface area (Å²) >= 11 is 0. The molecule has 78 valence electrons. The number of fused-ring (bicyclic) bond motifs is 2. The van der Waals surface area contributed by atoms with E-state index in [9.17, 15) is 0 Å². The van der Waals surface area contributed by atoms with Gasteiger partial charge in [-0.15, -0.1) is 0 Å². The zero-order valence-electron chi connectivity index (χ0n) is 8.11.